The molecule has 0 spiro atoms. The van der Waals surface area contributed by atoms with Gasteiger partial charge in [0.15, 0.2) is 0 Å². The molecule has 0 saturated heterocycles. The van der Waals surface area contributed by atoms with Gasteiger partial charge in [0, 0.05) is 41.1 Å². The largest absolute Gasteiger partial charge is 0.340 e. The Balaban J connectivity index is 1.44. The highest BCUT2D eigenvalue weighted by molar-refractivity contribution is 7.18. The van der Waals surface area contributed by atoms with Crippen LogP contribution in [-0.2, 0) is 0 Å². The monoisotopic (exact) mass is 396 g/mol. The van der Waals surface area contributed by atoms with Crippen LogP contribution in [0.5, 0.6) is 0 Å². The number of thiazole rings is 1. The Morgan fingerprint density at radius 3 is 2.72 bits per heavy atom. The van der Waals surface area contributed by atoms with Crippen LogP contribution in [0.2, 0.25) is 0 Å². The summed E-state index contributed by atoms with van der Waals surface area (Å²) in [6.45, 7) is 0. The highest BCUT2D eigenvalue weighted by Gasteiger charge is 2.27. The van der Waals surface area contributed by atoms with Crippen molar-refractivity contribution in [3.05, 3.63) is 66.3 Å². The second-order valence-corrected chi connectivity index (χ2v) is 8.25. The number of anilines is 2. The van der Waals surface area contributed by atoms with E-state index in [1.54, 1.807) is 29.9 Å². The molecule has 6 rings (SSSR count). The van der Waals surface area contributed by atoms with E-state index in [-0.39, 0.29) is 0 Å². The lowest BCUT2D eigenvalue weighted by Gasteiger charge is -2.11. The molecule has 6 nitrogen and oxygen atoms in total. The van der Waals surface area contributed by atoms with E-state index in [1.165, 1.54) is 28.9 Å². The number of nitrogens with zero attached hydrogens (tertiary/aromatic N) is 5. The number of rotatable bonds is 4. The van der Waals surface area contributed by atoms with Gasteiger partial charge in [-0.3, -0.25) is 4.98 Å². The first-order chi connectivity index (χ1) is 14.3. The molecule has 0 aliphatic heterocycles. The van der Waals surface area contributed by atoms with Gasteiger partial charge in [0.25, 0.3) is 0 Å². The van der Waals surface area contributed by atoms with Crippen molar-refractivity contribution in [2.45, 2.75) is 18.8 Å². The predicted molar refractivity (Wildman–Crippen MR) is 115 cm³/mol. The van der Waals surface area contributed by atoms with Crippen molar-refractivity contribution in [2.75, 3.05) is 5.32 Å². The number of benzene rings is 1. The fourth-order valence-electron chi connectivity index (χ4n) is 3.41. The minimum atomic E-state index is 0.672. The second-order valence-electron chi connectivity index (χ2n) is 7.19. The Kier molecular flexibility index (Phi) is 3.73. The molecule has 1 aromatic carbocycles. The van der Waals surface area contributed by atoms with E-state index in [1.807, 2.05) is 18.2 Å². The van der Waals surface area contributed by atoms with Crippen molar-refractivity contribution >= 4 is 44.0 Å². The van der Waals surface area contributed by atoms with Crippen molar-refractivity contribution in [3.8, 4) is 11.3 Å². The lowest BCUT2D eigenvalue weighted by molar-refractivity contribution is 1.10. The van der Waals surface area contributed by atoms with Gasteiger partial charge < -0.3 is 5.32 Å². The van der Waals surface area contributed by atoms with Crippen molar-refractivity contribution in [3.63, 3.8) is 0 Å². The van der Waals surface area contributed by atoms with E-state index < -0.39 is 0 Å². The Labute approximate surface area is 170 Å². The van der Waals surface area contributed by atoms with Gasteiger partial charge in [0.2, 0.25) is 0 Å². The lowest BCUT2D eigenvalue weighted by atomic mass is 10.1. The zero-order chi connectivity index (χ0) is 19.2. The molecule has 0 unspecified atom stereocenters. The zero-order valence-electron chi connectivity index (χ0n) is 15.4. The minimum absolute atomic E-state index is 0.672. The molecule has 1 N–H and O–H groups in total. The molecule has 7 heteroatoms. The molecule has 4 aromatic heterocycles. The maximum absolute atomic E-state index is 4.85. The van der Waals surface area contributed by atoms with E-state index >= 15 is 0 Å². The average molecular weight is 396 g/mol. The van der Waals surface area contributed by atoms with Crippen LogP contribution in [0.3, 0.4) is 0 Å². The molecule has 1 saturated carbocycles. The smallest absolute Gasteiger partial charge is 0.140 e. The van der Waals surface area contributed by atoms with Crippen LogP contribution in [0.15, 0.2) is 61.3 Å². The van der Waals surface area contributed by atoms with Crippen LogP contribution in [0.4, 0.5) is 11.5 Å². The van der Waals surface area contributed by atoms with Gasteiger partial charge in [-0.25, -0.2) is 19.9 Å². The summed E-state index contributed by atoms with van der Waals surface area (Å²) in [5.74, 6) is 1.44. The van der Waals surface area contributed by atoms with Crippen LogP contribution in [0, 0.1) is 0 Å². The van der Waals surface area contributed by atoms with Crippen LogP contribution < -0.4 is 5.32 Å². The van der Waals surface area contributed by atoms with Crippen molar-refractivity contribution in [1.82, 2.24) is 24.9 Å². The highest BCUT2D eigenvalue weighted by atomic mass is 32.1. The number of aromatic nitrogens is 5. The van der Waals surface area contributed by atoms with Crippen LogP contribution in [0.1, 0.15) is 23.8 Å². The Hall–Kier alpha value is -3.45. The van der Waals surface area contributed by atoms with E-state index in [4.69, 9.17) is 9.97 Å². The summed E-state index contributed by atoms with van der Waals surface area (Å²) < 4.78 is 1.20. The molecule has 1 fully saturated rings. The summed E-state index contributed by atoms with van der Waals surface area (Å²) in [4.78, 5) is 22.4. The quantitative estimate of drug-likeness (QED) is 0.443. The standard InChI is InChI=1S/C22H16N6S/c1-2-16-19(25-7-1)9-18(14-10-23-12-24-11-14)27-21(16)26-15-5-6-17-20(8-15)29-22(28-17)13-3-4-13/h1-2,5-13H,3-4H2,(H,26,27). The normalized spacial score (nSPS) is 13.8. The Morgan fingerprint density at radius 2 is 1.86 bits per heavy atom. The first-order valence-corrected chi connectivity index (χ1v) is 10.3. The van der Waals surface area contributed by atoms with Gasteiger partial charge >= 0.3 is 0 Å². The molecule has 29 heavy (non-hydrogen) atoms. The van der Waals surface area contributed by atoms with Gasteiger partial charge in [0.1, 0.15) is 12.1 Å². The third kappa shape index (κ3) is 3.09. The SMILES string of the molecule is c1cnc2cc(-c3cncnc3)nc(Nc3ccc4nc(C5CC5)sc4c3)c2c1. The number of hydrogen-bond donors (Lipinski definition) is 1. The number of nitrogens with one attached hydrogen (secondary N) is 1. The molecular formula is C22H16N6S. The Bertz CT molecular complexity index is 1340. The van der Waals surface area contributed by atoms with Gasteiger partial charge in [0.05, 0.1) is 26.4 Å². The first kappa shape index (κ1) is 16.5. The molecule has 0 bridgehead atoms. The van der Waals surface area contributed by atoms with Crippen molar-refractivity contribution in [1.29, 1.82) is 0 Å². The summed E-state index contributed by atoms with van der Waals surface area (Å²) >= 11 is 1.80. The maximum atomic E-state index is 4.85. The summed E-state index contributed by atoms with van der Waals surface area (Å²) in [6.07, 6.45) is 9.36. The zero-order valence-corrected chi connectivity index (χ0v) is 16.2. The molecular weight excluding hydrogens is 380 g/mol. The fourth-order valence-corrected chi connectivity index (χ4v) is 4.59. The summed E-state index contributed by atoms with van der Waals surface area (Å²) in [7, 11) is 0. The van der Waals surface area contributed by atoms with Gasteiger partial charge in [-0.1, -0.05) is 0 Å². The molecule has 0 amide bonds. The van der Waals surface area contributed by atoms with Crippen LogP contribution in [-0.4, -0.2) is 24.9 Å². The molecule has 0 atom stereocenters. The van der Waals surface area contributed by atoms with Crippen LogP contribution >= 0.6 is 11.3 Å². The maximum Gasteiger partial charge on any atom is 0.140 e. The molecule has 0 radical (unpaired) electrons. The molecule has 1 aliphatic rings. The third-order valence-electron chi connectivity index (χ3n) is 5.05. The second kappa shape index (κ2) is 6.56. The summed E-state index contributed by atoms with van der Waals surface area (Å²) in [6, 6.07) is 12.2. The van der Waals surface area contributed by atoms with Crippen molar-refractivity contribution in [2.24, 2.45) is 0 Å². The van der Waals surface area contributed by atoms with Gasteiger partial charge in [-0.05, 0) is 49.2 Å². The Morgan fingerprint density at radius 1 is 0.966 bits per heavy atom. The molecule has 4 heterocycles. The van der Waals surface area contributed by atoms with Crippen molar-refractivity contribution < 1.29 is 0 Å². The number of fused-ring (bicyclic) bond motifs is 2. The van der Waals surface area contributed by atoms with Gasteiger partial charge in [-0.15, -0.1) is 11.3 Å². The first-order valence-electron chi connectivity index (χ1n) is 9.52. The highest BCUT2D eigenvalue weighted by Crippen LogP contribution is 2.43. The molecule has 140 valence electrons. The fraction of sp³-hybridized carbons (Fsp3) is 0.136. The van der Waals surface area contributed by atoms with E-state index in [2.05, 4.69) is 38.5 Å². The lowest BCUT2D eigenvalue weighted by Crippen LogP contribution is -1.98. The summed E-state index contributed by atoms with van der Waals surface area (Å²) in [5, 5.41) is 5.72. The van der Waals surface area contributed by atoms with Gasteiger partial charge in [-0.2, -0.15) is 0 Å². The topological polar surface area (TPSA) is 76.5 Å². The predicted octanol–water partition coefficient (Wildman–Crippen LogP) is 5.32. The van der Waals surface area contributed by atoms with E-state index in [0.29, 0.717) is 5.92 Å². The van der Waals surface area contributed by atoms with E-state index in [0.717, 1.165) is 39.2 Å². The number of pyridine rings is 2. The number of hydrogen-bond acceptors (Lipinski definition) is 7. The third-order valence-corrected chi connectivity index (χ3v) is 6.23. The average Bonchev–Trinajstić information content (AvgIpc) is 3.53. The van der Waals surface area contributed by atoms with Crippen LogP contribution in [0.25, 0.3) is 32.4 Å². The molecule has 1 aliphatic carbocycles. The minimum Gasteiger partial charge on any atom is -0.340 e. The summed E-state index contributed by atoms with van der Waals surface area (Å²) in [5.41, 5.74) is 4.57. The molecule has 5 aromatic rings. The van der Waals surface area contributed by atoms with E-state index in [9.17, 15) is 0 Å².